The van der Waals surface area contributed by atoms with Crippen LogP contribution in [0.5, 0.6) is 0 Å². The van der Waals surface area contributed by atoms with E-state index in [0.717, 1.165) is 13.0 Å². The van der Waals surface area contributed by atoms with E-state index in [4.69, 9.17) is 0 Å². The van der Waals surface area contributed by atoms with Crippen LogP contribution in [0.2, 0.25) is 0 Å². The maximum absolute atomic E-state index is 11.6. The summed E-state index contributed by atoms with van der Waals surface area (Å²) in [5.41, 5.74) is 2.54. The topological polar surface area (TPSA) is 36.1 Å². The van der Waals surface area contributed by atoms with Crippen LogP contribution in [0.1, 0.15) is 25.8 Å². The molecule has 3 nitrogen and oxygen atoms in total. The van der Waals surface area contributed by atoms with E-state index in [-0.39, 0.29) is 5.54 Å². The van der Waals surface area contributed by atoms with Crippen LogP contribution >= 0.6 is 0 Å². The second-order valence-electron chi connectivity index (χ2n) is 6.06. The first-order valence-corrected chi connectivity index (χ1v) is 6.88. The number of Topliss-reactive ketones (excluding diaryl/α,β-unsaturated/α-hetero) is 1. The first-order valence-electron chi connectivity index (χ1n) is 6.88. The highest BCUT2D eigenvalue weighted by atomic mass is 16.1. The van der Waals surface area contributed by atoms with Crippen LogP contribution in [0.25, 0.3) is 10.9 Å². The average molecular weight is 256 g/mol. The number of benzene rings is 1. The lowest BCUT2D eigenvalue weighted by molar-refractivity contribution is -0.117. The summed E-state index contributed by atoms with van der Waals surface area (Å²) >= 11 is 0. The Kier molecular flexibility index (Phi) is 2.94. The van der Waals surface area contributed by atoms with Gasteiger partial charge in [0.1, 0.15) is 5.78 Å². The zero-order valence-corrected chi connectivity index (χ0v) is 11.6. The number of para-hydroxylation sites is 1. The van der Waals surface area contributed by atoms with Crippen LogP contribution in [0.15, 0.2) is 30.5 Å². The van der Waals surface area contributed by atoms with Gasteiger partial charge in [0, 0.05) is 35.6 Å². The van der Waals surface area contributed by atoms with Crippen LogP contribution in [0.3, 0.4) is 0 Å². The Morgan fingerprint density at radius 2 is 2.11 bits per heavy atom. The molecule has 1 aromatic carbocycles. The molecule has 0 radical (unpaired) electrons. The van der Waals surface area contributed by atoms with E-state index in [0.29, 0.717) is 18.7 Å². The Morgan fingerprint density at radius 3 is 2.84 bits per heavy atom. The molecular weight excluding hydrogens is 236 g/mol. The Labute approximate surface area is 113 Å². The summed E-state index contributed by atoms with van der Waals surface area (Å²) in [5, 5.41) is 1.30. The lowest BCUT2D eigenvalue weighted by Gasteiger charge is -2.30. The van der Waals surface area contributed by atoms with Crippen molar-refractivity contribution < 1.29 is 4.79 Å². The monoisotopic (exact) mass is 256 g/mol. The second kappa shape index (κ2) is 4.49. The molecule has 0 bridgehead atoms. The minimum Gasteiger partial charge on any atom is -0.361 e. The van der Waals surface area contributed by atoms with Gasteiger partial charge in [-0.05, 0) is 31.9 Å². The Morgan fingerprint density at radius 1 is 1.32 bits per heavy atom. The van der Waals surface area contributed by atoms with Gasteiger partial charge in [0.25, 0.3) is 0 Å². The summed E-state index contributed by atoms with van der Waals surface area (Å²) in [6.07, 6.45) is 3.76. The molecule has 3 rings (SSSR count). The van der Waals surface area contributed by atoms with Crippen molar-refractivity contribution in [3.8, 4) is 0 Å². The predicted octanol–water partition coefficient (Wildman–Crippen LogP) is 2.76. The molecule has 19 heavy (non-hydrogen) atoms. The van der Waals surface area contributed by atoms with Gasteiger partial charge in [-0.2, -0.15) is 0 Å². The number of aromatic nitrogens is 1. The Balaban J connectivity index is 1.74. The molecule has 1 N–H and O–H groups in total. The third kappa shape index (κ3) is 2.30. The van der Waals surface area contributed by atoms with Crippen molar-refractivity contribution in [2.75, 3.05) is 13.1 Å². The number of fused-ring (bicyclic) bond motifs is 1. The molecule has 2 aromatic rings. The van der Waals surface area contributed by atoms with Gasteiger partial charge in [0.2, 0.25) is 0 Å². The minimum absolute atomic E-state index is 0.0171. The standard InChI is InChI=1S/C16H20N2O/c1-16(2)9-13(19)11-18(16)8-7-12-10-17-15-6-4-3-5-14(12)15/h3-6,10,17H,7-9,11H2,1-2H3. The highest BCUT2D eigenvalue weighted by molar-refractivity contribution is 5.84. The van der Waals surface area contributed by atoms with Gasteiger partial charge in [-0.3, -0.25) is 9.69 Å². The van der Waals surface area contributed by atoms with E-state index in [9.17, 15) is 4.79 Å². The van der Waals surface area contributed by atoms with Crippen LogP contribution in [0.4, 0.5) is 0 Å². The van der Waals surface area contributed by atoms with Gasteiger partial charge in [0.15, 0.2) is 0 Å². The zero-order valence-electron chi connectivity index (χ0n) is 11.6. The molecule has 0 unspecified atom stereocenters. The summed E-state index contributed by atoms with van der Waals surface area (Å²) in [6.45, 7) is 5.87. The van der Waals surface area contributed by atoms with Crippen molar-refractivity contribution in [2.45, 2.75) is 32.2 Å². The molecule has 1 aliphatic heterocycles. The van der Waals surface area contributed by atoms with Crippen molar-refractivity contribution in [2.24, 2.45) is 0 Å². The van der Waals surface area contributed by atoms with Gasteiger partial charge in [-0.1, -0.05) is 18.2 Å². The Hall–Kier alpha value is -1.61. The largest absolute Gasteiger partial charge is 0.361 e. The van der Waals surface area contributed by atoms with E-state index in [1.165, 1.54) is 16.5 Å². The number of rotatable bonds is 3. The molecule has 0 amide bonds. The number of aromatic amines is 1. The van der Waals surface area contributed by atoms with Crippen molar-refractivity contribution in [1.29, 1.82) is 0 Å². The SMILES string of the molecule is CC1(C)CC(=O)CN1CCc1c[nH]c2ccccc12. The first-order chi connectivity index (χ1) is 9.06. The maximum atomic E-state index is 11.6. The van der Waals surface area contributed by atoms with Crippen LogP contribution in [-0.4, -0.2) is 34.3 Å². The molecule has 0 saturated carbocycles. The molecule has 3 heteroatoms. The Bertz CT molecular complexity index is 612. The summed E-state index contributed by atoms with van der Waals surface area (Å²) in [6, 6.07) is 8.37. The quantitative estimate of drug-likeness (QED) is 0.916. The number of likely N-dealkylation sites (tertiary alicyclic amines) is 1. The molecule has 1 aromatic heterocycles. The predicted molar refractivity (Wildman–Crippen MR) is 77.3 cm³/mol. The fourth-order valence-corrected chi connectivity index (χ4v) is 3.05. The van der Waals surface area contributed by atoms with E-state index < -0.39 is 0 Å². The number of H-pyrrole nitrogens is 1. The first kappa shape index (κ1) is 12.4. The average Bonchev–Trinajstić information content (AvgIpc) is 2.87. The number of nitrogens with zero attached hydrogens (tertiary/aromatic N) is 1. The molecular formula is C16H20N2O. The van der Waals surface area contributed by atoms with E-state index in [1.807, 2.05) is 6.07 Å². The second-order valence-corrected chi connectivity index (χ2v) is 6.06. The van der Waals surface area contributed by atoms with Gasteiger partial charge < -0.3 is 4.98 Å². The molecule has 0 spiro atoms. The maximum Gasteiger partial charge on any atom is 0.148 e. The normalized spacial score (nSPS) is 19.4. The number of nitrogens with one attached hydrogen (secondary N) is 1. The van der Waals surface area contributed by atoms with Gasteiger partial charge in [0.05, 0.1) is 6.54 Å². The highest BCUT2D eigenvalue weighted by Gasteiger charge is 2.36. The van der Waals surface area contributed by atoms with Crippen LogP contribution in [0, 0.1) is 0 Å². The lowest BCUT2D eigenvalue weighted by Crippen LogP contribution is -2.39. The minimum atomic E-state index is 0.0171. The van der Waals surface area contributed by atoms with E-state index >= 15 is 0 Å². The number of hydrogen-bond acceptors (Lipinski definition) is 2. The smallest absolute Gasteiger partial charge is 0.148 e. The van der Waals surface area contributed by atoms with Crippen LogP contribution in [-0.2, 0) is 11.2 Å². The highest BCUT2D eigenvalue weighted by Crippen LogP contribution is 2.27. The van der Waals surface area contributed by atoms with Gasteiger partial charge in [-0.25, -0.2) is 0 Å². The number of ketones is 1. The fraction of sp³-hybridized carbons (Fsp3) is 0.438. The number of carbonyl (C=O) groups is 1. The third-order valence-electron chi connectivity index (χ3n) is 4.18. The summed E-state index contributed by atoms with van der Waals surface area (Å²) in [5.74, 6) is 0.365. The molecule has 1 fully saturated rings. The lowest BCUT2D eigenvalue weighted by atomic mass is 10.0. The summed E-state index contributed by atoms with van der Waals surface area (Å²) in [7, 11) is 0. The number of carbonyl (C=O) groups excluding carboxylic acids is 1. The van der Waals surface area contributed by atoms with Gasteiger partial charge >= 0.3 is 0 Å². The van der Waals surface area contributed by atoms with Crippen molar-refractivity contribution in [3.63, 3.8) is 0 Å². The van der Waals surface area contributed by atoms with E-state index in [1.54, 1.807) is 0 Å². The van der Waals surface area contributed by atoms with Crippen molar-refractivity contribution in [3.05, 3.63) is 36.0 Å². The van der Waals surface area contributed by atoms with Crippen molar-refractivity contribution in [1.82, 2.24) is 9.88 Å². The third-order valence-corrected chi connectivity index (χ3v) is 4.18. The zero-order chi connectivity index (χ0) is 13.5. The van der Waals surface area contributed by atoms with Crippen molar-refractivity contribution >= 4 is 16.7 Å². The fourth-order valence-electron chi connectivity index (χ4n) is 3.05. The van der Waals surface area contributed by atoms with E-state index in [2.05, 4.69) is 48.1 Å². The molecule has 0 atom stereocenters. The summed E-state index contributed by atoms with van der Waals surface area (Å²) < 4.78 is 0. The molecule has 100 valence electrons. The molecule has 2 heterocycles. The molecule has 1 saturated heterocycles. The summed E-state index contributed by atoms with van der Waals surface area (Å²) in [4.78, 5) is 17.2. The molecule has 0 aliphatic carbocycles. The number of hydrogen-bond donors (Lipinski definition) is 1. The van der Waals surface area contributed by atoms with Crippen LogP contribution < -0.4 is 0 Å². The molecule has 1 aliphatic rings. The van der Waals surface area contributed by atoms with Gasteiger partial charge in [-0.15, -0.1) is 0 Å².